The zero-order valence-corrected chi connectivity index (χ0v) is 7.32. The van der Waals surface area contributed by atoms with Crippen LogP contribution in [-0.2, 0) is 9.53 Å². The molecule has 1 saturated heterocycles. The minimum atomic E-state index is -0.951. The van der Waals surface area contributed by atoms with Crippen molar-refractivity contribution >= 4 is 12.1 Å². The summed E-state index contributed by atoms with van der Waals surface area (Å²) in [6, 6.07) is 0. The lowest BCUT2D eigenvalue weighted by atomic mass is 10.2. The van der Waals surface area contributed by atoms with Crippen LogP contribution in [0.2, 0.25) is 0 Å². The fourth-order valence-electron chi connectivity index (χ4n) is 1.19. The average molecular weight is 185 g/mol. The number of esters is 1. The Hall–Kier alpha value is -1.52. The predicted molar refractivity (Wildman–Crippen MR) is 44.3 cm³/mol. The smallest absolute Gasteiger partial charge is 0.407 e. The summed E-state index contributed by atoms with van der Waals surface area (Å²) < 4.78 is 4.43. The van der Waals surface area contributed by atoms with Crippen LogP contribution in [0.5, 0.6) is 0 Å². The number of likely N-dealkylation sites (tertiary alicyclic amines) is 1. The first-order chi connectivity index (χ1) is 6.13. The Morgan fingerprint density at radius 2 is 2.31 bits per heavy atom. The molecule has 1 rings (SSSR count). The van der Waals surface area contributed by atoms with E-state index in [2.05, 4.69) is 4.74 Å². The normalized spacial score (nSPS) is 19.2. The Kier molecular flexibility index (Phi) is 2.89. The van der Waals surface area contributed by atoms with Gasteiger partial charge in [0.2, 0.25) is 0 Å². The van der Waals surface area contributed by atoms with Gasteiger partial charge in [0.05, 0.1) is 7.11 Å². The quantitative estimate of drug-likeness (QED) is 0.476. The first kappa shape index (κ1) is 9.57. The molecular weight excluding hydrogens is 174 g/mol. The van der Waals surface area contributed by atoms with Crippen LogP contribution < -0.4 is 0 Å². The van der Waals surface area contributed by atoms with Crippen molar-refractivity contribution in [3.8, 4) is 0 Å². The van der Waals surface area contributed by atoms with Crippen molar-refractivity contribution in [2.24, 2.45) is 0 Å². The molecule has 1 amide bonds. The summed E-state index contributed by atoms with van der Waals surface area (Å²) >= 11 is 0. The zero-order chi connectivity index (χ0) is 9.84. The van der Waals surface area contributed by atoms with Gasteiger partial charge in [0.15, 0.2) is 0 Å². The minimum Gasteiger partial charge on any atom is -0.466 e. The van der Waals surface area contributed by atoms with E-state index in [4.69, 9.17) is 5.11 Å². The van der Waals surface area contributed by atoms with Crippen LogP contribution in [0, 0.1) is 0 Å². The van der Waals surface area contributed by atoms with Gasteiger partial charge >= 0.3 is 12.1 Å². The molecule has 72 valence electrons. The Morgan fingerprint density at radius 3 is 2.77 bits per heavy atom. The van der Waals surface area contributed by atoms with Crippen LogP contribution in [0.4, 0.5) is 4.79 Å². The summed E-state index contributed by atoms with van der Waals surface area (Å²) in [5.41, 5.74) is 0.800. The van der Waals surface area contributed by atoms with E-state index in [-0.39, 0.29) is 0 Å². The lowest BCUT2D eigenvalue weighted by Gasteiger charge is -2.07. The molecule has 1 fully saturated rings. The Bertz CT molecular complexity index is 259. The molecule has 1 aliphatic rings. The Labute approximate surface area is 75.6 Å². The SMILES string of the molecule is COC(=O)C=C1CCN(C(=O)O)C1. The van der Waals surface area contributed by atoms with Gasteiger partial charge < -0.3 is 14.7 Å². The first-order valence-electron chi connectivity index (χ1n) is 3.88. The second-order valence-corrected chi connectivity index (χ2v) is 2.78. The van der Waals surface area contributed by atoms with Gasteiger partial charge in [-0.15, -0.1) is 0 Å². The van der Waals surface area contributed by atoms with E-state index in [0.29, 0.717) is 19.5 Å². The highest BCUT2D eigenvalue weighted by atomic mass is 16.5. The van der Waals surface area contributed by atoms with Gasteiger partial charge in [-0.3, -0.25) is 0 Å². The number of amides is 1. The fourth-order valence-corrected chi connectivity index (χ4v) is 1.19. The maximum absolute atomic E-state index is 10.8. The summed E-state index contributed by atoms with van der Waals surface area (Å²) in [6.07, 6.45) is 1.01. The lowest BCUT2D eigenvalue weighted by Crippen LogP contribution is -2.25. The van der Waals surface area contributed by atoms with E-state index in [1.807, 2.05) is 0 Å². The molecule has 0 atom stereocenters. The number of carboxylic acid groups (broad SMARTS) is 1. The molecule has 1 N–H and O–H groups in total. The number of carbonyl (C=O) groups is 2. The van der Waals surface area contributed by atoms with Gasteiger partial charge in [-0.05, 0) is 12.0 Å². The standard InChI is InChI=1S/C8H11NO4/c1-13-7(10)4-6-2-3-9(5-6)8(11)12/h4H,2-3,5H2,1H3,(H,11,12). The molecule has 0 aromatic carbocycles. The number of ether oxygens (including phenoxy) is 1. The molecule has 0 radical (unpaired) electrons. The molecule has 0 bridgehead atoms. The molecule has 13 heavy (non-hydrogen) atoms. The number of methoxy groups -OCH3 is 1. The van der Waals surface area contributed by atoms with E-state index in [9.17, 15) is 9.59 Å². The van der Waals surface area contributed by atoms with E-state index >= 15 is 0 Å². The lowest BCUT2D eigenvalue weighted by molar-refractivity contribution is -0.134. The molecule has 1 heterocycles. The molecule has 0 aromatic heterocycles. The molecule has 1 aliphatic heterocycles. The summed E-state index contributed by atoms with van der Waals surface area (Å²) in [7, 11) is 1.29. The maximum Gasteiger partial charge on any atom is 0.407 e. The van der Waals surface area contributed by atoms with Gasteiger partial charge in [0, 0.05) is 19.2 Å². The molecule has 0 unspecified atom stereocenters. The third kappa shape index (κ3) is 2.47. The Balaban J connectivity index is 2.54. The molecule has 0 aliphatic carbocycles. The molecule has 0 aromatic rings. The van der Waals surface area contributed by atoms with Crippen molar-refractivity contribution in [2.75, 3.05) is 20.2 Å². The van der Waals surface area contributed by atoms with Gasteiger partial charge in [-0.2, -0.15) is 0 Å². The first-order valence-corrected chi connectivity index (χ1v) is 3.88. The van der Waals surface area contributed by atoms with Crippen molar-refractivity contribution in [2.45, 2.75) is 6.42 Å². The molecule has 5 nitrogen and oxygen atoms in total. The van der Waals surface area contributed by atoms with Crippen LogP contribution in [0.3, 0.4) is 0 Å². The van der Waals surface area contributed by atoms with Crippen LogP contribution >= 0.6 is 0 Å². The number of nitrogens with zero attached hydrogens (tertiary/aromatic N) is 1. The largest absolute Gasteiger partial charge is 0.466 e. The van der Waals surface area contributed by atoms with E-state index in [1.165, 1.54) is 18.1 Å². The molecule has 0 saturated carbocycles. The van der Waals surface area contributed by atoms with Crippen LogP contribution in [0.1, 0.15) is 6.42 Å². The number of hydrogen-bond acceptors (Lipinski definition) is 3. The van der Waals surface area contributed by atoms with Crippen LogP contribution in [-0.4, -0.2) is 42.3 Å². The molecule has 0 spiro atoms. The topological polar surface area (TPSA) is 66.8 Å². The fraction of sp³-hybridized carbons (Fsp3) is 0.500. The van der Waals surface area contributed by atoms with Gasteiger partial charge in [0.25, 0.3) is 0 Å². The number of rotatable bonds is 1. The number of carbonyl (C=O) groups excluding carboxylic acids is 1. The van der Waals surface area contributed by atoms with Gasteiger partial charge in [-0.25, -0.2) is 9.59 Å². The summed E-state index contributed by atoms with van der Waals surface area (Å²) in [5.74, 6) is -0.428. The van der Waals surface area contributed by atoms with Crippen molar-refractivity contribution in [1.82, 2.24) is 4.90 Å². The van der Waals surface area contributed by atoms with Crippen molar-refractivity contribution in [3.63, 3.8) is 0 Å². The van der Waals surface area contributed by atoms with Gasteiger partial charge in [0.1, 0.15) is 0 Å². The van der Waals surface area contributed by atoms with E-state index in [0.717, 1.165) is 5.57 Å². The van der Waals surface area contributed by atoms with E-state index in [1.54, 1.807) is 0 Å². The van der Waals surface area contributed by atoms with E-state index < -0.39 is 12.1 Å². The van der Waals surface area contributed by atoms with Crippen LogP contribution in [0.25, 0.3) is 0 Å². The second-order valence-electron chi connectivity index (χ2n) is 2.78. The summed E-state index contributed by atoms with van der Waals surface area (Å²) in [4.78, 5) is 22.5. The average Bonchev–Trinajstić information content (AvgIpc) is 2.52. The van der Waals surface area contributed by atoms with Crippen molar-refractivity contribution in [1.29, 1.82) is 0 Å². The van der Waals surface area contributed by atoms with Crippen molar-refractivity contribution in [3.05, 3.63) is 11.6 Å². The Morgan fingerprint density at radius 1 is 1.62 bits per heavy atom. The maximum atomic E-state index is 10.8. The van der Waals surface area contributed by atoms with Crippen LogP contribution in [0.15, 0.2) is 11.6 Å². The predicted octanol–water partition coefficient (Wildman–Crippen LogP) is 0.470. The zero-order valence-electron chi connectivity index (χ0n) is 7.32. The third-order valence-corrected chi connectivity index (χ3v) is 1.89. The summed E-state index contributed by atoms with van der Waals surface area (Å²) in [5, 5.41) is 8.60. The molecular formula is C8H11NO4. The van der Waals surface area contributed by atoms with Gasteiger partial charge in [-0.1, -0.05) is 0 Å². The van der Waals surface area contributed by atoms with Crippen molar-refractivity contribution < 1.29 is 19.4 Å². The minimum absolute atomic E-state index is 0.310. The third-order valence-electron chi connectivity index (χ3n) is 1.89. The highest BCUT2D eigenvalue weighted by molar-refractivity contribution is 5.83. The molecule has 5 heteroatoms. The summed E-state index contributed by atoms with van der Waals surface area (Å²) in [6.45, 7) is 0.766. The number of hydrogen-bond donors (Lipinski definition) is 1. The highest BCUT2D eigenvalue weighted by Gasteiger charge is 2.21. The monoisotopic (exact) mass is 185 g/mol. The second kappa shape index (κ2) is 3.93. The highest BCUT2D eigenvalue weighted by Crippen LogP contribution is 2.14.